The molecule has 0 aliphatic heterocycles. The SMILES string of the molecule is CCCNS(=O)(=O)c1cc(CNC)cs1. The second kappa shape index (κ2) is 5.60. The summed E-state index contributed by atoms with van der Waals surface area (Å²) in [4.78, 5) is 0. The summed E-state index contributed by atoms with van der Waals surface area (Å²) in [5.41, 5.74) is 0.999. The number of hydrogen-bond acceptors (Lipinski definition) is 4. The molecule has 6 heteroatoms. The Kier molecular flexibility index (Phi) is 4.72. The lowest BCUT2D eigenvalue weighted by atomic mass is 10.3. The highest BCUT2D eigenvalue weighted by atomic mass is 32.2. The molecular formula is C9H16N2O2S2. The number of thiophene rings is 1. The van der Waals surface area contributed by atoms with E-state index in [-0.39, 0.29) is 0 Å². The first kappa shape index (κ1) is 12.6. The largest absolute Gasteiger partial charge is 0.316 e. The van der Waals surface area contributed by atoms with Gasteiger partial charge in [-0.25, -0.2) is 13.1 Å². The Morgan fingerprint density at radius 1 is 1.47 bits per heavy atom. The third kappa shape index (κ3) is 3.57. The highest BCUT2D eigenvalue weighted by Crippen LogP contribution is 2.19. The Hall–Kier alpha value is -0.430. The zero-order valence-electron chi connectivity index (χ0n) is 8.91. The van der Waals surface area contributed by atoms with Crippen molar-refractivity contribution in [2.75, 3.05) is 13.6 Å². The summed E-state index contributed by atoms with van der Waals surface area (Å²) in [7, 11) is -1.44. The first-order valence-corrected chi connectivity index (χ1v) is 7.18. The number of rotatable bonds is 6. The molecule has 0 fully saturated rings. The minimum atomic E-state index is -3.28. The molecular weight excluding hydrogens is 232 g/mol. The van der Waals surface area contributed by atoms with Crippen LogP contribution in [0.3, 0.4) is 0 Å². The molecule has 0 aliphatic rings. The molecule has 1 heterocycles. The Bertz CT molecular complexity index is 398. The van der Waals surface area contributed by atoms with E-state index in [1.54, 1.807) is 6.07 Å². The zero-order chi connectivity index (χ0) is 11.3. The molecule has 2 N–H and O–H groups in total. The Morgan fingerprint density at radius 2 is 2.20 bits per heavy atom. The van der Waals surface area contributed by atoms with Gasteiger partial charge in [-0.05, 0) is 30.5 Å². The van der Waals surface area contributed by atoms with Crippen LogP contribution in [-0.4, -0.2) is 22.0 Å². The maximum absolute atomic E-state index is 11.7. The maximum Gasteiger partial charge on any atom is 0.250 e. The predicted octanol–water partition coefficient (Wildman–Crippen LogP) is 1.16. The average molecular weight is 248 g/mol. The van der Waals surface area contributed by atoms with Crippen LogP contribution in [0.15, 0.2) is 15.7 Å². The molecule has 0 saturated carbocycles. The van der Waals surface area contributed by atoms with Crippen LogP contribution in [0.1, 0.15) is 18.9 Å². The first-order chi connectivity index (χ1) is 7.10. The molecule has 1 rings (SSSR count). The molecule has 0 amide bonds. The van der Waals surface area contributed by atoms with E-state index < -0.39 is 10.0 Å². The van der Waals surface area contributed by atoms with Crippen molar-refractivity contribution in [1.82, 2.24) is 10.0 Å². The number of sulfonamides is 1. The van der Waals surface area contributed by atoms with Crippen molar-refractivity contribution < 1.29 is 8.42 Å². The second-order valence-corrected chi connectivity index (χ2v) is 6.11. The fourth-order valence-electron chi connectivity index (χ4n) is 1.10. The summed E-state index contributed by atoms with van der Waals surface area (Å²) in [6.07, 6.45) is 0.800. The first-order valence-electron chi connectivity index (χ1n) is 4.82. The molecule has 0 bridgehead atoms. The number of hydrogen-bond donors (Lipinski definition) is 2. The van der Waals surface area contributed by atoms with Crippen LogP contribution in [0.2, 0.25) is 0 Å². The summed E-state index contributed by atoms with van der Waals surface area (Å²) in [6.45, 7) is 3.12. The van der Waals surface area contributed by atoms with Gasteiger partial charge in [-0.1, -0.05) is 6.92 Å². The lowest BCUT2D eigenvalue weighted by Gasteiger charge is -2.01. The second-order valence-electron chi connectivity index (χ2n) is 3.20. The van der Waals surface area contributed by atoms with E-state index in [0.29, 0.717) is 17.3 Å². The van der Waals surface area contributed by atoms with E-state index in [4.69, 9.17) is 0 Å². The van der Waals surface area contributed by atoms with Crippen molar-refractivity contribution in [2.45, 2.75) is 24.1 Å². The molecule has 0 spiro atoms. The van der Waals surface area contributed by atoms with Gasteiger partial charge in [-0.15, -0.1) is 11.3 Å². The topological polar surface area (TPSA) is 58.2 Å². The van der Waals surface area contributed by atoms with Crippen molar-refractivity contribution in [3.8, 4) is 0 Å². The zero-order valence-corrected chi connectivity index (χ0v) is 10.5. The van der Waals surface area contributed by atoms with Crippen molar-refractivity contribution in [3.05, 3.63) is 17.0 Å². The van der Waals surface area contributed by atoms with Gasteiger partial charge in [0.1, 0.15) is 4.21 Å². The molecule has 0 aromatic carbocycles. The highest BCUT2D eigenvalue weighted by Gasteiger charge is 2.15. The third-order valence-electron chi connectivity index (χ3n) is 1.82. The van der Waals surface area contributed by atoms with Gasteiger partial charge in [0, 0.05) is 13.1 Å². The minimum absolute atomic E-state index is 0.390. The Morgan fingerprint density at radius 3 is 2.80 bits per heavy atom. The van der Waals surface area contributed by atoms with E-state index in [9.17, 15) is 8.42 Å². The van der Waals surface area contributed by atoms with Gasteiger partial charge >= 0.3 is 0 Å². The van der Waals surface area contributed by atoms with Gasteiger partial charge < -0.3 is 5.32 Å². The van der Waals surface area contributed by atoms with Crippen LogP contribution in [-0.2, 0) is 16.6 Å². The Labute approximate surface area is 94.8 Å². The molecule has 0 unspecified atom stereocenters. The van der Waals surface area contributed by atoms with Gasteiger partial charge in [0.15, 0.2) is 0 Å². The van der Waals surface area contributed by atoms with Crippen LogP contribution < -0.4 is 10.0 Å². The lowest BCUT2D eigenvalue weighted by molar-refractivity contribution is 0.583. The van der Waals surface area contributed by atoms with E-state index in [0.717, 1.165) is 12.0 Å². The minimum Gasteiger partial charge on any atom is -0.316 e. The van der Waals surface area contributed by atoms with Crippen LogP contribution >= 0.6 is 11.3 Å². The van der Waals surface area contributed by atoms with Crippen LogP contribution in [0.4, 0.5) is 0 Å². The summed E-state index contributed by atoms with van der Waals surface area (Å²) in [5.74, 6) is 0. The summed E-state index contributed by atoms with van der Waals surface area (Å²) in [6, 6.07) is 1.71. The lowest BCUT2D eigenvalue weighted by Crippen LogP contribution is -2.23. The van der Waals surface area contributed by atoms with Gasteiger partial charge in [0.25, 0.3) is 0 Å². The van der Waals surface area contributed by atoms with Crippen molar-refractivity contribution >= 4 is 21.4 Å². The van der Waals surface area contributed by atoms with Crippen LogP contribution in [0.5, 0.6) is 0 Å². The molecule has 15 heavy (non-hydrogen) atoms. The van der Waals surface area contributed by atoms with Gasteiger partial charge in [-0.2, -0.15) is 0 Å². The summed E-state index contributed by atoms with van der Waals surface area (Å²) < 4.78 is 26.3. The molecule has 4 nitrogen and oxygen atoms in total. The van der Waals surface area contributed by atoms with Crippen LogP contribution in [0, 0.1) is 0 Å². The Balaban J connectivity index is 2.76. The predicted molar refractivity (Wildman–Crippen MR) is 62.6 cm³/mol. The smallest absolute Gasteiger partial charge is 0.250 e. The quantitative estimate of drug-likeness (QED) is 0.794. The van der Waals surface area contributed by atoms with E-state index in [1.165, 1.54) is 11.3 Å². The average Bonchev–Trinajstić information content (AvgIpc) is 2.65. The third-order valence-corrected chi connectivity index (χ3v) is 4.77. The monoisotopic (exact) mass is 248 g/mol. The van der Waals surface area contributed by atoms with Crippen LogP contribution in [0.25, 0.3) is 0 Å². The molecule has 1 aromatic rings. The van der Waals surface area contributed by atoms with Crippen molar-refractivity contribution in [3.63, 3.8) is 0 Å². The molecule has 0 atom stereocenters. The molecule has 1 aromatic heterocycles. The number of nitrogens with one attached hydrogen (secondary N) is 2. The normalized spacial score (nSPS) is 11.9. The van der Waals surface area contributed by atoms with Gasteiger partial charge in [0.05, 0.1) is 0 Å². The summed E-state index contributed by atoms with van der Waals surface area (Å²) in [5, 5.41) is 4.84. The van der Waals surface area contributed by atoms with E-state index >= 15 is 0 Å². The fraction of sp³-hybridized carbons (Fsp3) is 0.556. The molecule has 0 aliphatic carbocycles. The molecule has 86 valence electrons. The van der Waals surface area contributed by atoms with E-state index in [1.807, 2.05) is 19.4 Å². The van der Waals surface area contributed by atoms with Gasteiger partial charge in [-0.3, -0.25) is 0 Å². The van der Waals surface area contributed by atoms with Gasteiger partial charge in [0.2, 0.25) is 10.0 Å². The maximum atomic E-state index is 11.7. The standard InChI is InChI=1S/C9H16N2O2S2/c1-3-4-11-15(12,13)9-5-8(6-10-2)7-14-9/h5,7,10-11H,3-4,6H2,1-2H3. The molecule has 0 saturated heterocycles. The fourth-order valence-corrected chi connectivity index (χ4v) is 3.49. The summed E-state index contributed by atoms with van der Waals surface area (Å²) >= 11 is 1.26. The van der Waals surface area contributed by atoms with E-state index in [2.05, 4.69) is 10.0 Å². The van der Waals surface area contributed by atoms with Crippen molar-refractivity contribution in [2.24, 2.45) is 0 Å². The molecule has 0 radical (unpaired) electrons. The van der Waals surface area contributed by atoms with Crippen molar-refractivity contribution in [1.29, 1.82) is 0 Å². The highest BCUT2D eigenvalue weighted by molar-refractivity contribution is 7.91.